The number of hydrogen-bond acceptors (Lipinski definition) is 4. The van der Waals surface area contributed by atoms with Gasteiger partial charge < -0.3 is 19.1 Å². The van der Waals surface area contributed by atoms with E-state index in [1.165, 1.54) is 12.3 Å². The first-order chi connectivity index (χ1) is 11.3. The highest BCUT2D eigenvalue weighted by molar-refractivity contribution is 5.92. The number of fused-ring (bicyclic) bond motifs is 1. The summed E-state index contributed by atoms with van der Waals surface area (Å²) in [5.74, 6) is -3.24. The first kappa shape index (κ1) is 16.6. The Labute approximate surface area is 137 Å². The Balaban J connectivity index is 2.30. The lowest BCUT2D eigenvalue weighted by Gasteiger charge is -2.25. The number of aromatic nitrogens is 1. The minimum atomic E-state index is -1.34. The quantitative estimate of drug-likeness (QED) is 0.932. The molecule has 2 aromatic rings. The van der Waals surface area contributed by atoms with Crippen molar-refractivity contribution in [3.05, 3.63) is 45.5 Å². The average molecular weight is 335 g/mol. The standard InChI is InChI=1S/C17H18FNO5/c1-4-19-7-11(16(21)22)15(20)10-5-13(18)12(6-14(10)19)17(3)23-8-9(2)24-17/h5-7,9H,4,8H2,1-3H3,(H,21,22). The van der Waals surface area contributed by atoms with E-state index < -0.39 is 23.0 Å². The lowest BCUT2D eigenvalue weighted by atomic mass is 10.0. The fraction of sp³-hybridized carbons (Fsp3) is 0.412. The van der Waals surface area contributed by atoms with Crippen LogP contribution in [0.1, 0.15) is 36.7 Å². The summed E-state index contributed by atoms with van der Waals surface area (Å²) in [4.78, 5) is 23.6. The van der Waals surface area contributed by atoms with Crippen molar-refractivity contribution in [3.8, 4) is 0 Å². The maximum absolute atomic E-state index is 14.6. The van der Waals surface area contributed by atoms with Crippen LogP contribution in [-0.2, 0) is 21.8 Å². The number of carboxylic acid groups (broad SMARTS) is 1. The molecule has 6 nitrogen and oxygen atoms in total. The van der Waals surface area contributed by atoms with E-state index in [0.29, 0.717) is 18.7 Å². The van der Waals surface area contributed by atoms with Gasteiger partial charge in [0.1, 0.15) is 11.4 Å². The van der Waals surface area contributed by atoms with E-state index in [1.807, 2.05) is 13.8 Å². The van der Waals surface area contributed by atoms with Crippen LogP contribution in [0, 0.1) is 5.82 Å². The minimum Gasteiger partial charge on any atom is -0.477 e. The molecule has 1 aliphatic heterocycles. The number of benzene rings is 1. The van der Waals surface area contributed by atoms with Crippen LogP contribution in [0.15, 0.2) is 23.1 Å². The monoisotopic (exact) mass is 335 g/mol. The average Bonchev–Trinajstić information content (AvgIpc) is 2.87. The van der Waals surface area contributed by atoms with Crippen LogP contribution in [-0.4, -0.2) is 28.4 Å². The van der Waals surface area contributed by atoms with Crippen LogP contribution < -0.4 is 5.43 Å². The van der Waals surface area contributed by atoms with Gasteiger partial charge in [0, 0.05) is 23.7 Å². The summed E-state index contributed by atoms with van der Waals surface area (Å²) in [5, 5.41) is 9.19. The summed E-state index contributed by atoms with van der Waals surface area (Å²) in [6.07, 6.45) is 1.10. The number of rotatable bonds is 3. The number of halogens is 1. The summed E-state index contributed by atoms with van der Waals surface area (Å²) in [6, 6.07) is 2.56. The predicted molar refractivity (Wildman–Crippen MR) is 84.7 cm³/mol. The lowest BCUT2D eigenvalue weighted by Crippen LogP contribution is -2.26. The maximum Gasteiger partial charge on any atom is 0.341 e. The smallest absolute Gasteiger partial charge is 0.341 e. The van der Waals surface area contributed by atoms with Crippen molar-refractivity contribution in [2.24, 2.45) is 0 Å². The molecular formula is C17H18FNO5. The molecule has 0 bridgehead atoms. The molecule has 1 saturated heterocycles. The number of aryl methyl sites for hydroxylation is 1. The van der Waals surface area contributed by atoms with Crippen LogP contribution in [0.25, 0.3) is 10.9 Å². The van der Waals surface area contributed by atoms with Crippen molar-refractivity contribution in [3.63, 3.8) is 0 Å². The van der Waals surface area contributed by atoms with Gasteiger partial charge in [0.2, 0.25) is 5.43 Å². The number of hydrogen-bond donors (Lipinski definition) is 1. The number of nitrogens with zero attached hydrogens (tertiary/aromatic N) is 1. The molecule has 1 fully saturated rings. The first-order valence-electron chi connectivity index (χ1n) is 7.69. The summed E-state index contributed by atoms with van der Waals surface area (Å²) in [5.41, 5.74) is -0.468. The Morgan fingerprint density at radius 3 is 2.75 bits per heavy atom. The molecule has 1 aliphatic rings. The maximum atomic E-state index is 14.6. The summed E-state index contributed by atoms with van der Waals surface area (Å²) < 4.78 is 27.5. The molecule has 128 valence electrons. The molecule has 1 aromatic heterocycles. The van der Waals surface area contributed by atoms with Crippen molar-refractivity contribution < 1.29 is 23.8 Å². The van der Waals surface area contributed by atoms with Crippen molar-refractivity contribution >= 4 is 16.9 Å². The Bertz CT molecular complexity index is 891. The van der Waals surface area contributed by atoms with E-state index in [9.17, 15) is 14.0 Å². The zero-order valence-corrected chi connectivity index (χ0v) is 13.6. The highest BCUT2D eigenvalue weighted by Gasteiger charge is 2.39. The Hall–Kier alpha value is -2.25. The fourth-order valence-corrected chi connectivity index (χ4v) is 3.04. The molecule has 1 N–H and O–H groups in total. The third kappa shape index (κ3) is 2.50. The summed E-state index contributed by atoms with van der Waals surface area (Å²) >= 11 is 0. The number of carboxylic acids is 1. The molecule has 0 aliphatic carbocycles. The molecule has 2 unspecified atom stereocenters. The third-order valence-corrected chi connectivity index (χ3v) is 4.25. The summed E-state index contributed by atoms with van der Waals surface area (Å²) in [7, 11) is 0. The van der Waals surface area contributed by atoms with E-state index in [-0.39, 0.29) is 22.6 Å². The third-order valence-electron chi connectivity index (χ3n) is 4.25. The molecule has 7 heteroatoms. The van der Waals surface area contributed by atoms with Crippen LogP contribution in [0.3, 0.4) is 0 Å². The first-order valence-corrected chi connectivity index (χ1v) is 7.69. The molecule has 24 heavy (non-hydrogen) atoms. The second-order valence-corrected chi connectivity index (χ2v) is 6.00. The van der Waals surface area contributed by atoms with E-state index in [4.69, 9.17) is 14.6 Å². The second-order valence-electron chi connectivity index (χ2n) is 6.00. The van der Waals surface area contributed by atoms with Gasteiger partial charge >= 0.3 is 5.97 Å². The molecule has 0 saturated carbocycles. The van der Waals surface area contributed by atoms with Gasteiger partial charge in [-0.15, -0.1) is 0 Å². The number of aromatic carboxylic acids is 1. The minimum absolute atomic E-state index is 0.0210. The molecule has 1 aromatic carbocycles. The van der Waals surface area contributed by atoms with E-state index in [1.54, 1.807) is 11.5 Å². The van der Waals surface area contributed by atoms with Crippen molar-refractivity contribution in [2.75, 3.05) is 6.61 Å². The van der Waals surface area contributed by atoms with Crippen LogP contribution in [0.2, 0.25) is 0 Å². The van der Waals surface area contributed by atoms with Crippen molar-refractivity contribution in [2.45, 2.75) is 39.2 Å². The van der Waals surface area contributed by atoms with Gasteiger partial charge in [0.05, 0.1) is 18.2 Å². The highest BCUT2D eigenvalue weighted by Crippen LogP contribution is 2.36. The van der Waals surface area contributed by atoms with Gasteiger partial charge in [0.25, 0.3) is 0 Å². The van der Waals surface area contributed by atoms with E-state index in [2.05, 4.69) is 0 Å². The van der Waals surface area contributed by atoms with Gasteiger partial charge in [-0.05, 0) is 32.9 Å². The van der Waals surface area contributed by atoms with Gasteiger partial charge in [-0.2, -0.15) is 0 Å². The normalized spacial score (nSPS) is 23.8. The number of ether oxygens (including phenoxy) is 2. The molecule has 0 spiro atoms. The topological polar surface area (TPSA) is 77.8 Å². The van der Waals surface area contributed by atoms with E-state index >= 15 is 0 Å². The zero-order chi connectivity index (χ0) is 17.6. The highest BCUT2D eigenvalue weighted by atomic mass is 19.1. The van der Waals surface area contributed by atoms with Gasteiger partial charge in [0.15, 0.2) is 5.79 Å². The predicted octanol–water partition coefficient (Wildman–Crippen LogP) is 2.47. The molecule has 2 heterocycles. The molecule has 2 atom stereocenters. The number of pyridine rings is 1. The van der Waals surface area contributed by atoms with Gasteiger partial charge in [-0.3, -0.25) is 4.79 Å². The molecule has 0 radical (unpaired) electrons. The Morgan fingerprint density at radius 1 is 1.50 bits per heavy atom. The zero-order valence-electron chi connectivity index (χ0n) is 13.6. The molecule has 0 amide bonds. The van der Waals surface area contributed by atoms with E-state index in [0.717, 1.165) is 6.07 Å². The second kappa shape index (κ2) is 5.68. The van der Waals surface area contributed by atoms with Gasteiger partial charge in [-0.25, -0.2) is 9.18 Å². The molecular weight excluding hydrogens is 317 g/mol. The molecule has 3 rings (SSSR count). The van der Waals surface area contributed by atoms with Crippen LogP contribution in [0.4, 0.5) is 4.39 Å². The number of carbonyl (C=O) groups is 1. The van der Waals surface area contributed by atoms with Crippen molar-refractivity contribution in [1.82, 2.24) is 4.57 Å². The lowest BCUT2D eigenvalue weighted by molar-refractivity contribution is -0.161. The van der Waals surface area contributed by atoms with Crippen molar-refractivity contribution in [1.29, 1.82) is 0 Å². The fourth-order valence-electron chi connectivity index (χ4n) is 3.04. The SMILES string of the molecule is CCn1cc(C(=O)O)c(=O)c2cc(F)c(C3(C)OCC(C)O3)cc21. The van der Waals surface area contributed by atoms with Crippen LogP contribution in [0.5, 0.6) is 0 Å². The Morgan fingerprint density at radius 2 is 2.21 bits per heavy atom. The Kier molecular flexibility index (Phi) is 3.93. The van der Waals surface area contributed by atoms with Gasteiger partial charge in [-0.1, -0.05) is 0 Å². The van der Waals surface area contributed by atoms with Crippen LogP contribution >= 0.6 is 0 Å². The largest absolute Gasteiger partial charge is 0.477 e. The summed E-state index contributed by atoms with van der Waals surface area (Å²) in [6.45, 7) is 6.03.